The highest BCUT2D eigenvalue weighted by atomic mass is 14.9. The van der Waals surface area contributed by atoms with Gasteiger partial charge in [0.25, 0.3) is 0 Å². The van der Waals surface area contributed by atoms with Crippen molar-refractivity contribution < 1.29 is 0 Å². The molecule has 1 atom stereocenters. The topological polar surface area (TPSA) is 12.0 Å². The molecule has 1 aliphatic rings. The molecule has 0 aromatic carbocycles. The SMILES string of the molecule is CNC1(C)C=C(C)CC1. The summed E-state index contributed by atoms with van der Waals surface area (Å²) in [5.41, 5.74) is 1.82. The number of rotatable bonds is 1. The Balaban J connectivity index is 2.64. The van der Waals surface area contributed by atoms with Crippen molar-refractivity contribution in [2.45, 2.75) is 32.2 Å². The third-order valence-electron chi connectivity index (χ3n) is 2.17. The van der Waals surface area contributed by atoms with Crippen molar-refractivity contribution in [3.8, 4) is 0 Å². The summed E-state index contributed by atoms with van der Waals surface area (Å²) in [5.74, 6) is 0. The molecule has 0 spiro atoms. The van der Waals surface area contributed by atoms with Gasteiger partial charge in [0, 0.05) is 5.54 Å². The zero-order chi connectivity index (χ0) is 6.91. The summed E-state index contributed by atoms with van der Waals surface area (Å²) in [4.78, 5) is 0. The highest BCUT2D eigenvalue weighted by Crippen LogP contribution is 2.26. The first-order valence-corrected chi connectivity index (χ1v) is 3.53. The van der Waals surface area contributed by atoms with Crippen molar-refractivity contribution in [1.29, 1.82) is 0 Å². The monoisotopic (exact) mass is 125 g/mol. The van der Waals surface area contributed by atoms with E-state index in [9.17, 15) is 0 Å². The standard InChI is InChI=1S/C8H15N/c1-7-4-5-8(2,6-7)9-3/h6,9H,4-5H2,1-3H3. The second-order valence-electron chi connectivity index (χ2n) is 3.16. The van der Waals surface area contributed by atoms with Crippen LogP contribution in [0.25, 0.3) is 0 Å². The van der Waals surface area contributed by atoms with E-state index >= 15 is 0 Å². The van der Waals surface area contributed by atoms with E-state index in [4.69, 9.17) is 0 Å². The molecular weight excluding hydrogens is 110 g/mol. The molecule has 1 unspecified atom stereocenters. The zero-order valence-corrected chi connectivity index (χ0v) is 6.49. The van der Waals surface area contributed by atoms with Gasteiger partial charge in [0.2, 0.25) is 0 Å². The molecule has 1 aliphatic carbocycles. The van der Waals surface area contributed by atoms with Crippen LogP contribution in [0.3, 0.4) is 0 Å². The Labute approximate surface area is 57.1 Å². The van der Waals surface area contributed by atoms with Crippen molar-refractivity contribution in [3.63, 3.8) is 0 Å². The van der Waals surface area contributed by atoms with E-state index in [0.29, 0.717) is 5.54 Å². The Kier molecular flexibility index (Phi) is 1.62. The lowest BCUT2D eigenvalue weighted by molar-refractivity contribution is 0.470. The van der Waals surface area contributed by atoms with Crippen LogP contribution < -0.4 is 5.32 Å². The molecule has 1 N–H and O–H groups in total. The molecule has 0 radical (unpaired) electrons. The molecule has 0 saturated heterocycles. The van der Waals surface area contributed by atoms with E-state index in [0.717, 1.165) is 0 Å². The highest BCUT2D eigenvalue weighted by Gasteiger charge is 2.23. The molecule has 1 rings (SSSR count). The molecule has 1 heteroatoms. The Bertz CT molecular complexity index is 138. The van der Waals surface area contributed by atoms with E-state index in [1.807, 2.05) is 7.05 Å². The Hall–Kier alpha value is -0.300. The van der Waals surface area contributed by atoms with Crippen LogP contribution in [0.15, 0.2) is 11.6 Å². The predicted molar refractivity (Wildman–Crippen MR) is 40.5 cm³/mol. The van der Waals surface area contributed by atoms with Crippen molar-refractivity contribution in [2.75, 3.05) is 7.05 Å². The summed E-state index contributed by atoms with van der Waals surface area (Å²) in [6.07, 6.45) is 4.85. The fraction of sp³-hybridized carbons (Fsp3) is 0.750. The molecular formula is C8H15N. The summed E-state index contributed by atoms with van der Waals surface area (Å²) in [6, 6.07) is 0. The van der Waals surface area contributed by atoms with Crippen LogP contribution in [0.5, 0.6) is 0 Å². The van der Waals surface area contributed by atoms with Crippen LogP contribution in [0, 0.1) is 0 Å². The van der Waals surface area contributed by atoms with Crippen molar-refractivity contribution in [2.24, 2.45) is 0 Å². The molecule has 0 aromatic heterocycles. The lowest BCUT2D eigenvalue weighted by atomic mass is 10.0. The van der Waals surface area contributed by atoms with E-state index in [1.165, 1.54) is 18.4 Å². The van der Waals surface area contributed by atoms with Crippen LogP contribution in [0.4, 0.5) is 0 Å². The predicted octanol–water partition coefficient (Wildman–Crippen LogP) is 1.70. The fourth-order valence-electron chi connectivity index (χ4n) is 1.34. The van der Waals surface area contributed by atoms with Crippen molar-refractivity contribution in [1.82, 2.24) is 5.32 Å². The first-order chi connectivity index (χ1) is 4.16. The van der Waals surface area contributed by atoms with Gasteiger partial charge >= 0.3 is 0 Å². The number of allylic oxidation sites excluding steroid dienone is 1. The average Bonchev–Trinajstić information content (AvgIpc) is 2.13. The minimum atomic E-state index is 0.296. The van der Waals surface area contributed by atoms with E-state index < -0.39 is 0 Å². The largest absolute Gasteiger partial charge is 0.311 e. The number of hydrogen-bond donors (Lipinski definition) is 1. The van der Waals surface area contributed by atoms with Gasteiger partial charge in [-0.3, -0.25) is 0 Å². The normalized spacial score (nSPS) is 34.8. The zero-order valence-electron chi connectivity index (χ0n) is 6.49. The number of hydrogen-bond acceptors (Lipinski definition) is 1. The second-order valence-corrected chi connectivity index (χ2v) is 3.16. The molecule has 0 bridgehead atoms. The minimum Gasteiger partial charge on any atom is -0.311 e. The first kappa shape index (κ1) is 6.81. The maximum absolute atomic E-state index is 3.29. The highest BCUT2D eigenvalue weighted by molar-refractivity contribution is 5.17. The third kappa shape index (κ3) is 1.33. The average molecular weight is 125 g/mol. The molecule has 0 saturated carbocycles. The van der Waals surface area contributed by atoms with E-state index in [1.54, 1.807) is 0 Å². The van der Waals surface area contributed by atoms with Crippen molar-refractivity contribution in [3.05, 3.63) is 11.6 Å². The maximum atomic E-state index is 3.29. The van der Waals surface area contributed by atoms with Gasteiger partial charge in [-0.2, -0.15) is 0 Å². The Morgan fingerprint density at radius 3 is 2.56 bits per heavy atom. The van der Waals surface area contributed by atoms with Crippen LogP contribution in [0.2, 0.25) is 0 Å². The summed E-state index contributed by atoms with van der Waals surface area (Å²) in [7, 11) is 2.02. The van der Waals surface area contributed by atoms with E-state index in [-0.39, 0.29) is 0 Å². The van der Waals surface area contributed by atoms with Gasteiger partial charge in [-0.05, 0) is 33.7 Å². The van der Waals surface area contributed by atoms with Gasteiger partial charge in [0.1, 0.15) is 0 Å². The van der Waals surface area contributed by atoms with Crippen LogP contribution in [-0.4, -0.2) is 12.6 Å². The quantitative estimate of drug-likeness (QED) is 0.526. The van der Waals surface area contributed by atoms with Crippen LogP contribution in [-0.2, 0) is 0 Å². The van der Waals surface area contributed by atoms with Crippen LogP contribution >= 0.6 is 0 Å². The van der Waals surface area contributed by atoms with Gasteiger partial charge in [-0.1, -0.05) is 11.6 Å². The molecule has 1 nitrogen and oxygen atoms in total. The number of likely N-dealkylation sites (N-methyl/N-ethyl adjacent to an activating group) is 1. The minimum absolute atomic E-state index is 0.296. The van der Waals surface area contributed by atoms with Crippen molar-refractivity contribution >= 4 is 0 Å². The van der Waals surface area contributed by atoms with Gasteiger partial charge in [0.15, 0.2) is 0 Å². The lowest BCUT2D eigenvalue weighted by Gasteiger charge is -2.19. The van der Waals surface area contributed by atoms with Gasteiger partial charge in [-0.25, -0.2) is 0 Å². The molecule has 0 amide bonds. The van der Waals surface area contributed by atoms with E-state index in [2.05, 4.69) is 25.2 Å². The molecule has 0 fully saturated rings. The molecule has 0 aliphatic heterocycles. The van der Waals surface area contributed by atoms with Gasteiger partial charge < -0.3 is 5.32 Å². The second kappa shape index (κ2) is 2.14. The Morgan fingerprint density at radius 1 is 1.67 bits per heavy atom. The number of nitrogens with one attached hydrogen (secondary N) is 1. The molecule has 9 heavy (non-hydrogen) atoms. The summed E-state index contributed by atoms with van der Waals surface area (Å²) >= 11 is 0. The smallest absolute Gasteiger partial charge is 0.0338 e. The summed E-state index contributed by atoms with van der Waals surface area (Å²) in [5, 5.41) is 3.29. The molecule has 52 valence electrons. The molecule has 0 aromatic rings. The fourth-order valence-corrected chi connectivity index (χ4v) is 1.34. The van der Waals surface area contributed by atoms with Gasteiger partial charge in [0.05, 0.1) is 0 Å². The third-order valence-corrected chi connectivity index (χ3v) is 2.17. The first-order valence-electron chi connectivity index (χ1n) is 3.53. The van der Waals surface area contributed by atoms with Crippen LogP contribution in [0.1, 0.15) is 26.7 Å². The Morgan fingerprint density at radius 2 is 2.33 bits per heavy atom. The van der Waals surface area contributed by atoms with Gasteiger partial charge in [-0.15, -0.1) is 0 Å². The summed E-state index contributed by atoms with van der Waals surface area (Å²) in [6.45, 7) is 4.44. The molecule has 0 heterocycles. The summed E-state index contributed by atoms with van der Waals surface area (Å²) < 4.78 is 0. The lowest BCUT2D eigenvalue weighted by Crippen LogP contribution is -2.34. The maximum Gasteiger partial charge on any atom is 0.0338 e.